The van der Waals surface area contributed by atoms with Crippen molar-refractivity contribution in [1.29, 1.82) is 0 Å². The van der Waals surface area contributed by atoms with Crippen LogP contribution < -0.4 is 0 Å². The fourth-order valence-corrected chi connectivity index (χ4v) is 1.33. The molecule has 1 rings (SSSR count). The maximum Gasteiger partial charge on any atom is 0.335 e. The fourth-order valence-electron chi connectivity index (χ4n) is 1.33. The zero-order chi connectivity index (χ0) is 11.4. The molecule has 1 aromatic rings. The lowest BCUT2D eigenvalue weighted by Gasteiger charge is -2.08. The lowest BCUT2D eigenvalue weighted by Crippen LogP contribution is -2.03. The molecule has 0 aliphatic carbocycles. The normalized spacial score (nSPS) is 12.1. The first kappa shape index (κ1) is 11.2. The molecular weight excluding hydrogens is 196 g/mol. The summed E-state index contributed by atoms with van der Waals surface area (Å²) in [5, 5.41) is 17.3. The van der Waals surface area contributed by atoms with Crippen molar-refractivity contribution in [2.75, 3.05) is 0 Å². The third kappa shape index (κ3) is 3.09. The van der Waals surface area contributed by atoms with Gasteiger partial charge in [-0.25, -0.2) is 4.79 Å². The smallest absolute Gasteiger partial charge is 0.335 e. The molecule has 4 nitrogen and oxygen atoms in total. The first-order valence-electron chi connectivity index (χ1n) is 4.55. The lowest BCUT2D eigenvalue weighted by atomic mass is 9.97. The molecule has 0 radical (unpaired) electrons. The highest BCUT2D eigenvalue weighted by atomic mass is 16.4. The molecule has 0 fully saturated rings. The van der Waals surface area contributed by atoms with E-state index in [0.717, 1.165) is 5.56 Å². The third-order valence-electron chi connectivity index (χ3n) is 2.21. The molecule has 0 aromatic heterocycles. The van der Waals surface area contributed by atoms with E-state index in [2.05, 4.69) is 0 Å². The quantitative estimate of drug-likeness (QED) is 0.793. The van der Waals surface area contributed by atoms with Gasteiger partial charge in [0, 0.05) is 0 Å². The molecule has 0 amide bonds. The van der Waals surface area contributed by atoms with E-state index in [-0.39, 0.29) is 17.9 Å². The van der Waals surface area contributed by atoms with Gasteiger partial charge < -0.3 is 10.2 Å². The highest BCUT2D eigenvalue weighted by molar-refractivity contribution is 5.87. The van der Waals surface area contributed by atoms with Crippen LogP contribution in [-0.2, 0) is 4.79 Å². The largest absolute Gasteiger partial charge is 0.481 e. The summed E-state index contributed by atoms with van der Waals surface area (Å²) in [6.07, 6.45) is 0.0480. The molecule has 1 atom stereocenters. The number of rotatable bonds is 4. The average Bonchev–Trinajstić information content (AvgIpc) is 2.17. The summed E-state index contributed by atoms with van der Waals surface area (Å²) in [7, 11) is 0. The van der Waals surface area contributed by atoms with Gasteiger partial charge in [0.15, 0.2) is 0 Å². The zero-order valence-corrected chi connectivity index (χ0v) is 8.30. The first-order valence-corrected chi connectivity index (χ1v) is 4.55. The summed E-state index contributed by atoms with van der Waals surface area (Å²) in [6.45, 7) is 1.80. The Kier molecular flexibility index (Phi) is 3.44. The number of hydrogen-bond acceptors (Lipinski definition) is 2. The minimum atomic E-state index is -0.979. The van der Waals surface area contributed by atoms with Crippen molar-refractivity contribution in [3.8, 4) is 0 Å². The van der Waals surface area contributed by atoms with Crippen molar-refractivity contribution >= 4 is 11.9 Å². The van der Waals surface area contributed by atoms with E-state index < -0.39 is 11.9 Å². The Morgan fingerprint density at radius 2 is 1.73 bits per heavy atom. The van der Waals surface area contributed by atoms with Gasteiger partial charge in [0.05, 0.1) is 12.0 Å². The highest BCUT2D eigenvalue weighted by Gasteiger charge is 2.10. The molecule has 0 saturated heterocycles. The summed E-state index contributed by atoms with van der Waals surface area (Å²) in [4.78, 5) is 21.0. The standard InChI is InChI=1S/C11H12O4/c1-7(6-10(12)13)8-2-4-9(5-3-8)11(14)15/h2-5,7H,6H2,1H3,(H,12,13)(H,14,15)/t7-/m0/s1. The average molecular weight is 208 g/mol. The Morgan fingerprint density at radius 1 is 1.20 bits per heavy atom. The Bertz CT molecular complexity index is 367. The molecule has 0 bridgehead atoms. The second-order valence-corrected chi connectivity index (χ2v) is 3.43. The van der Waals surface area contributed by atoms with Crippen molar-refractivity contribution in [1.82, 2.24) is 0 Å². The summed E-state index contributed by atoms with van der Waals surface area (Å²) in [5.41, 5.74) is 1.05. The minimum Gasteiger partial charge on any atom is -0.481 e. The van der Waals surface area contributed by atoms with Crippen molar-refractivity contribution < 1.29 is 19.8 Å². The molecule has 0 aliphatic rings. The van der Waals surface area contributed by atoms with Crippen molar-refractivity contribution in [2.24, 2.45) is 0 Å². The van der Waals surface area contributed by atoms with Crippen LogP contribution in [0, 0.1) is 0 Å². The van der Waals surface area contributed by atoms with Gasteiger partial charge in [0.1, 0.15) is 0 Å². The van der Waals surface area contributed by atoms with E-state index in [1.165, 1.54) is 12.1 Å². The Hall–Kier alpha value is -1.84. The fraction of sp³-hybridized carbons (Fsp3) is 0.273. The SMILES string of the molecule is C[C@@H](CC(=O)O)c1ccc(C(=O)O)cc1. The predicted octanol–water partition coefficient (Wildman–Crippen LogP) is 1.96. The van der Waals surface area contributed by atoms with Crippen LogP contribution in [0.1, 0.15) is 35.2 Å². The molecule has 4 heteroatoms. The second kappa shape index (κ2) is 4.59. The summed E-state index contributed by atoms with van der Waals surface area (Å²) >= 11 is 0. The molecule has 0 unspecified atom stereocenters. The maximum absolute atomic E-state index is 10.6. The van der Waals surface area contributed by atoms with Crippen LogP contribution in [0.15, 0.2) is 24.3 Å². The molecule has 2 N–H and O–H groups in total. The number of aliphatic carboxylic acids is 1. The molecule has 1 aromatic carbocycles. The van der Waals surface area contributed by atoms with Crippen molar-refractivity contribution in [3.63, 3.8) is 0 Å². The number of benzene rings is 1. The van der Waals surface area contributed by atoms with E-state index in [1.54, 1.807) is 19.1 Å². The number of carbonyl (C=O) groups is 2. The predicted molar refractivity (Wildman–Crippen MR) is 54.1 cm³/mol. The van der Waals surface area contributed by atoms with Gasteiger partial charge >= 0.3 is 11.9 Å². The van der Waals surface area contributed by atoms with Gasteiger partial charge in [0.25, 0.3) is 0 Å². The van der Waals surface area contributed by atoms with Gasteiger partial charge in [-0.2, -0.15) is 0 Å². The number of carboxylic acids is 2. The first-order chi connectivity index (χ1) is 7.00. The van der Waals surface area contributed by atoms with Crippen molar-refractivity contribution in [3.05, 3.63) is 35.4 Å². The van der Waals surface area contributed by atoms with Gasteiger partial charge in [0.2, 0.25) is 0 Å². The van der Waals surface area contributed by atoms with Gasteiger partial charge in [-0.3, -0.25) is 4.79 Å². The molecule has 80 valence electrons. The Labute approximate surface area is 87.2 Å². The molecular formula is C11H12O4. The second-order valence-electron chi connectivity index (χ2n) is 3.43. The summed E-state index contributed by atoms with van der Waals surface area (Å²) in [6, 6.07) is 6.26. The maximum atomic E-state index is 10.6. The Balaban J connectivity index is 2.79. The van der Waals surface area contributed by atoms with Gasteiger partial charge in [-0.15, -0.1) is 0 Å². The number of hydrogen-bond donors (Lipinski definition) is 2. The summed E-state index contributed by atoms with van der Waals surface area (Å²) < 4.78 is 0. The van der Waals surface area contributed by atoms with E-state index >= 15 is 0 Å². The van der Waals surface area contributed by atoms with Crippen molar-refractivity contribution in [2.45, 2.75) is 19.3 Å². The molecule has 0 spiro atoms. The summed E-state index contributed by atoms with van der Waals surface area (Å²) in [5.74, 6) is -1.94. The Morgan fingerprint density at radius 3 is 2.13 bits per heavy atom. The van der Waals surface area contributed by atoms with Crippen LogP contribution in [-0.4, -0.2) is 22.2 Å². The molecule has 0 aliphatic heterocycles. The van der Waals surface area contributed by atoms with E-state index in [0.29, 0.717) is 0 Å². The monoisotopic (exact) mass is 208 g/mol. The van der Waals surface area contributed by atoms with E-state index in [4.69, 9.17) is 10.2 Å². The topological polar surface area (TPSA) is 74.6 Å². The molecule has 15 heavy (non-hydrogen) atoms. The van der Waals surface area contributed by atoms with Gasteiger partial charge in [-0.1, -0.05) is 19.1 Å². The third-order valence-corrected chi connectivity index (χ3v) is 2.21. The van der Waals surface area contributed by atoms with Crippen LogP contribution in [0.3, 0.4) is 0 Å². The zero-order valence-electron chi connectivity index (χ0n) is 8.30. The van der Waals surface area contributed by atoms with Crippen LogP contribution in [0.4, 0.5) is 0 Å². The number of aromatic carboxylic acids is 1. The lowest BCUT2D eigenvalue weighted by molar-refractivity contribution is -0.137. The minimum absolute atomic E-state index is 0.0480. The number of carboxylic acid groups (broad SMARTS) is 2. The van der Waals surface area contributed by atoms with Crippen LogP contribution in [0.25, 0.3) is 0 Å². The van der Waals surface area contributed by atoms with Crippen LogP contribution in [0.5, 0.6) is 0 Å². The molecule has 0 heterocycles. The van der Waals surface area contributed by atoms with Gasteiger partial charge in [-0.05, 0) is 23.6 Å². The van der Waals surface area contributed by atoms with Crippen LogP contribution in [0.2, 0.25) is 0 Å². The van der Waals surface area contributed by atoms with E-state index in [1.807, 2.05) is 0 Å². The highest BCUT2D eigenvalue weighted by Crippen LogP contribution is 2.19. The van der Waals surface area contributed by atoms with Crippen LogP contribution >= 0.6 is 0 Å². The molecule has 0 saturated carbocycles. The van der Waals surface area contributed by atoms with E-state index in [9.17, 15) is 9.59 Å².